The summed E-state index contributed by atoms with van der Waals surface area (Å²) in [6, 6.07) is 19.7. The Morgan fingerprint density at radius 2 is 1.75 bits per heavy atom. The van der Waals surface area contributed by atoms with Crippen molar-refractivity contribution in [2.75, 3.05) is 26.2 Å². The number of fused-ring (bicyclic) bond motifs is 1. The van der Waals surface area contributed by atoms with Gasteiger partial charge < -0.3 is 5.32 Å². The highest BCUT2D eigenvalue weighted by Crippen LogP contribution is 2.34. The topological polar surface area (TPSA) is 28.2 Å². The Bertz CT molecular complexity index is 832. The summed E-state index contributed by atoms with van der Waals surface area (Å²) < 4.78 is 0. The van der Waals surface area contributed by atoms with Gasteiger partial charge in [0.1, 0.15) is 0 Å². The van der Waals surface area contributed by atoms with Gasteiger partial charge in [-0.05, 0) is 34.9 Å². The number of aryl methyl sites for hydroxylation is 1. The lowest BCUT2D eigenvalue weighted by molar-refractivity contribution is 0.196. The van der Waals surface area contributed by atoms with Crippen LogP contribution >= 0.6 is 0 Å². The Labute approximate surface area is 143 Å². The van der Waals surface area contributed by atoms with Crippen LogP contribution in [0.5, 0.6) is 0 Å². The van der Waals surface area contributed by atoms with E-state index in [2.05, 4.69) is 65.7 Å². The standard InChI is InChI=1S/C21H23N3/c1-16-6-5-11-23-20(16)21(24-14-12-22-13-15-24)19-10-4-8-17-7-2-3-9-18(17)19/h2-11,21-22H,12-15H2,1H3. The van der Waals surface area contributed by atoms with Crippen LogP contribution in [0.25, 0.3) is 10.8 Å². The van der Waals surface area contributed by atoms with Crippen molar-refractivity contribution in [3.05, 3.63) is 77.6 Å². The molecule has 0 bridgehead atoms. The van der Waals surface area contributed by atoms with Gasteiger partial charge >= 0.3 is 0 Å². The van der Waals surface area contributed by atoms with Crippen LogP contribution in [0.3, 0.4) is 0 Å². The van der Waals surface area contributed by atoms with Gasteiger partial charge in [0, 0.05) is 32.4 Å². The number of nitrogens with one attached hydrogen (secondary N) is 1. The number of benzene rings is 2. The lowest BCUT2D eigenvalue weighted by Gasteiger charge is -2.36. The van der Waals surface area contributed by atoms with Crippen molar-refractivity contribution in [2.45, 2.75) is 13.0 Å². The van der Waals surface area contributed by atoms with E-state index in [4.69, 9.17) is 4.98 Å². The van der Waals surface area contributed by atoms with Crippen LogP contribution in [0.2, 0.25) is 0 Å². The second-order valence-electron chi connectivity index (χ2n) is 6.46. The van der Waals surface area contributed by atoms with Gasteiger partial charge in [-0.3, -0.25) is 9.88 Å². The van der Waals surface area contributed by atoms with Crippen LogP contribution in [-0.4, -0.2) is 36.1 Å². The largest absolute Gasteiger partial charge is 0.314 e. The summed E-state index contributed by atoms with van der Waals surface area (Å²) in [5.41, 5.74) is 3.79. The molecule has 0 aliphatic carbocycles. The number of rotatable bonds is 3. The molecule has 1 fully saturated rings. The highest BCUT2D eigenvalue weighted by atomic mass is 15.2. The molecule has 2 aromatic carbocycles. The summed E-state index contributed by atoms with van der Waals surface area (Å²) in [4.78, 5) is 7.34. The number of hydrogen-bond acceptors (Lipinski definition) is 3. The van der Waals surface area contributed by atoms with Crippen LogP contribution in [0.15, 0.2) is 60.8 Å². The maximum Gasteiger partial charge on any atom is 0.0786 e. The third-order valence-corrected chi connectivity index (χ3v) is 4.94. The first kappa shape index (κ1) is 15.3. The van der Waals surface area contributed by atoms with E-state index in [1.807, 2.05) is 12.3 Å². The Balaban J connectivity index is 1.90. The molecule has 1 atom stereocenters. The Hall–Kier alpha value is -2.23. The normalized spacial score (nSPS) is 17.0. The SMILES string of the molecule is Cc1cccnc1C(c1cccc2ccccc12)N1CCNCC1. The monoisotopic (exact) mass is 317 g/mol. The molecule has 4 rings (SSSR count). The summed E-state index contributed by atoms with van der Waals surface area (Å²) in [6.07, 6.45) is 1.92. The highest BCUT2D eigenvalue weighted by molar-refractivity contribution is 5.86. The molecule has 0 radical (unpaired) electrons. The minimum absolute atomic E-state index is 0.208. The van der Waals surface area contributed by atoms with Crippen molar-refractivity contribution in [3.8, 4) is 0 Å². The molecular weight excluding hydrogens is 294 g/mol. The fraction of sp³-hybridized carbons (Fsp3) is 0.286. The Kier molecular flexibility index (Phi) is 4.28. The van der Waals surface area contributed by atoms with E-state index < -0.39 is 0 Å². The molecule has 1 unspecified atom stereocenters. The minimum atomic E-state index is 0.208. The van der Waals surface area contributed by atoms with E-state index in [0.717, 1.165) is 26.2 Å². The van der Waals surface area contributed by atoms with Crippen molar-refractivity contribution in [2.24, 2.45) is 0 Å². The number of hydrogen-bond donors (Lipinski definition) is 1. The maximum absolute atomic E-state index is 4.77. The highest BCUT2D eigenvalue weighted by Gasteiger charge is 2.27. The maximum atomic E-state index is 4.77. The first-order valence-electron chi connectivity index (χ1n) is 8.68. The molecule has 24 heavy (non-hydrogen) atoms. The predicted octanol–water partition coefficient (Wildman–Crippen LogP) is 3.54. The molecule has 1 saturated heterocycles. The average Bonchev–Trinajstić information content (AvgIpc) is 2.65. The van der Waals surface area contributed by atoms with Gasteiger partial charge in [-0.2, -0.15) is 0 Å². The molecule has 3 aromatic rings. The number of pyridine rings is 1. The molecule has 1 aliphatic rings. The minimum Gasteiger partial charge on any atom is -0.314 e. The molecular formula is C21H23N3. The predicted molar refractivity (Wildman–Crippen MR) is 99.2 cm³/mol. The molecule has 1 aromatic heterocycles. The van der Waals surface area contributed by atoms with Crippen LogP contribution in [0.1, 0.15) is 22.9 Å². The van der Waals surface area contributed by atoms with Crippen molar-refractivity contribution in [1.29, 1.82) is 0 Å². The Morgan fingerprint density at radius 3 is 2.58 bits per heavy atom. The first-order chi connectivity index (χ1) is 11.8. The van der Waals surface area contributed by atoms with E-state index in [0.29, 0.717) is 0 Å². The molecule has 3 heteroatoms. The van der Waals surface area contributed by atoms with E-state index in [9.17, 15) is 0 Å². The van der Waals surface area contributed by atoms with E-state index in [1.165, 1.54) is 27.6 Å². The fourth-order valence-corrected chi connectivity index (χ4v) is 3.73. The molecule has 1 N–H and O–H groups in total. The molecule has 0 saturated carbocycles. The molecule has 0 spiro atoms. The van der Waals surface area contributed by atoms with Crippen LogP contribution in [-0.2, 0) is 0 Å². The molecule has 122 valence electrons. The van der Waals surface area contributed by atoms with Crippen molar-refractivity contribution in [3.63, 3.8) is 0 Å². The quantitative estimate of drug-likeness (QED) is 0.801. The van der Waals surface area contributed by atoms with E-state index >= 15 is 0 Å². The zero-order chi connectivity index (χ0) is 16.4. The summed E-state index contributed by atoms with van der Waals surface area (Å²) in [6.45, 7) is 6.33. The van der Waals surface area contributed by atoms with Gasteiger partial charge in [-0.15, -0.1) is 0 Å². The van der Waals surface area contributed by atoms with Crippen molar-refractivity contribution < 1.29 is 0 Å². The third kappa shape index (κ3) is 2.81. The zero-order valence-corrected chi connectivity index (χ0v) is 14.1. The summed E-state index contributed by atoms with van der Waals surface area (Å²) in [5, 5.41) is 6.08. The number of aromatic nitrogens is 1. The van der Waals surface area contributed by atoms with E-state index in [-0.39, 0.29) is 6.04 Å². The lowest BCUT2D eigenvalue weighted by atomic mass is 9.93. The second kappa shape index (κ2) is 6.71. The molecule has 3 nitrogen and oxygen atoms in total. The molecule has 0 amide bonds. The third-order valence-electron chi connectivity index (χ3n) is 4.94. The molecule has 2 heterocycles. The van der Waals surface area contributed by atoms with Gasteiger partial charge in [0.2, 0.25) is 0 Å². The van der Waals surface area contributed by atoms with Crippen LogP contribution in [0.4, 0.5) is 0 Å². The molecule has 1 aliphatic heterocycles. The first-order valence-corrected chi connectivity index (χ1v) is 8.68. The summed E-state index contributed by atoms with van der Waals surface area (Å²) in [7, 11) is 0. The van der Waals surface area contributed by atoms with Gasteiger partial charge in [-0.25, -0.2) is 0 Å². The van der Waals surface area contributed by atoms with Gasteiger partial charge in [-0.1, -0.05) is 48.5 Å². The Morgan fingerprint density at radius 1 is 0.958 bits per heavy atom. The smallest absolute Gasteiger partial charge is 0.0786 e. The number of piperazine rings is 1. The van der Waals surface area contributed by atoms with Gasteiger partial charge in [0.15, 0.2) is 0 Å². The van der Waals surface area contributed by atoms with Gasteiger partial charge in [0.25, 0.3) is 0 Å². The lowest BCUT2D eigenvalue weighted by Crippen LogP contribution is -2.45. The average molecular weight is 317 g/mol. The zero-order valence-electron chi connectivity index (χ0n) is 14.1. The summed E-state index contributed by atoms with van der Waals surface area (Å²) in [5.74, 6) is 0. The van der Waals surface area contributed by atoms with Crippen LogP contribution < -0.4 is 5.32 Å². The summed E-state index contributed by atoms with van der Waals surface area (Å²) >= 11 is 0. The second-order valence-corrected chi connectivity index (χ2v) is 6.46. The van der Waals surface area contributed by atoms with Crippen LogP contribution in [0, 0.1) is 6.92 Å². The van der Waals surface area contributed by atoms with Crippen molar-refractivity contribution >= 4 is 10.8 Å². The number of nitrogens with zero attached hydrogens (tertiary/aromatic N) is 2. The van der Waals surface area contributed by atoms with Crippen molar-refractivity contribution in [1.82, 2.24) is 15.2 Å². The van der Waals surface area contributed by atoms with E-state index in [1.54, 1.807) is 0 Å². The van der Waals surface area contributed by atoms with Gasteiger partial charge in [0.05, 0.1) is 11.7 Å². The fourth-order valence-electron chi connectivity index (χ4n) is 3.73.